The molecule has 0 spiro atoms. The van der Waals surface area contributed by atoms with Crippen LogP contribution in [0.5, 0.6) is 11.5 Å². The fraction of sp³-hybridized carbons (Fsp3) is 0.500. The summed E-state index contributed by atoms with van der Waals surface area (Å²) in [7, 11) is -3.94. The van der Waals surface area contributed by atoms with Gasteiger partial charge in [-0.3, -0.25) is 4.79 Å². The van der Waals surface area contributed by atoms with E-state index >= 15 is 0 Å². The number of rotatable bonds is 5. The van der Waals surface area contributed by atoms with Crippen LogP contribution in [0.3, 0.4) is 0 Å². The van der Waals surface area contributed by atoms with Crippen molar-refractivity contribution in [3.05, 3.63) is 18.2 Å². The third kappa shape index (κ3) is 3.29. The molecule has 1 heterocycles. The molecule has 1 unspecified atom stereocenters. The number of benzene rings is 1. The van der Waals surface area contributed by atoms with E-state index in [0.29, 0.717) is 37.6 Å². The van der Waals surface area contributed by atoms with E-state index < -0.39 is 21.1 Å². The van der Waals surface area contributed by atoms with Crippen LogP contribution in [-0.4, -0.2) is 38.0 Å². The van der Waals surface area contributed by atoms with Gasteiger partial charge in [-0.05, 0) is 18.6 Å². The fourth-order valence-electron chi connectivity index (χ4n) is 2.16. The van der Waals surface area contributed by atoms with Gasteiger partial charge in [0.2, 0.25) is 0 Å². The molecule has 7 heteroatoms. The highest BCUT2D eigenvalue weighted by atomic mass is 32.2. The normalized spacial score (nSPS) is 16.0. The first kappa shape index (κ1) is 15.6. The number of hydrogen-bond donors (Lipinski definition) is 1. The Hall–Kier alpha value is -1.76. The molecule has 1 aliphatic rings. The quantitative estimate of drug-likeness (QED) is 0.892. The average Bonchev–Trinajstić information content (AvgIpc) is 2.68. The van der Waals surface area contributed by atoms with Crippen LogP contribution < -0.4 is 9.47 Å². The Morgan fingerprint density at radius 1 is 1.29 bits per heavy atom. The predicted molar refractivity (Wildman–Crippen MR) is 75.6 cm³/mol. The number of aliphatic carboxylic acids is 1. The summed E-state index contributed by atoms with van der Waals surface area (Å²) in [6.07, 6.45) is 1.26. The number of carboxylic acids is 1. The number of carbonyl (C=O) groups is 1. The summed E-state index contributed by atoms with van der Waals surface area (Å²) < 4.78 is 35.8. The Balaban J connectivity index is 2.40. The topological polar surface area (TPSA) is 89.9 Å². The molecule has 0 amide bonds. The number of carboxylic acid groups (broad SMARTS) is 1. The van der Waals surface area contributed by atoms with E-state index in [1.807, 2.05) is 0 Å². The molecule has 0 bridgehead atoms. The first-order valence-electron chi connectivity index (χ1n) is 6.83. The first-order valence-corrected chi connectivity index (χ1v) is 8.37. The Kier molecular flexibility index (Phi) is 4.72. The molecule has 0 fully saturated rings. The van der Waals surface area contributed by atoms with Crippen LogP contribution in [0.15, 0.2) is 23.1 Å². The highest BCUT2D eigenvalue weighted by molar-refractivity contribution is 7.92. The van der Waals surface area contributed by atoms with E-state index in [1.165, 1.54) is 18.2 Å². The van der Waals surface area contributed by atoms with Crippen LogP contribution in [0.2, 0.25) is 0 Å². The van der Waals surface area contributed by atoms with Crippen molar-refractivity contribution in [1.82, 2.24) is 0 Å². The standard InChI is InChI=1S/C14H18O6S/c1-2-4-13(14(15)16)21(17,18)10-5-6-11-12(9-10)20-8-3-7-19-11/h5-6,9,13H,2-4,7-8H2,1H3,(H,15,16). The number of fused-ring (bicyclic) bond motifs is 1. The molecule has 0 radical (unpaired) electrons. The maximum atomic E-state index is 12.5. The minimum atomic E-state index is -3.94. The lowest BCUT2D eigenvalue weighted by Gasteiger charge is -2.14. The number of hydrogen-bond acceptors (Lipinski definition) is 5. The Morgan fingerprint density at radius 2 is 1.95 bits per heavy atom. The van der Waals surface area contributed by atoms with E-state index in [9.17, 15) is 13.2 Å². The lowest BCUT2D eigenvalue weighted by Crippen LogP contribution is -2.30. The maximum absolute atomic E-state index is 12.5. The lowest BCUT2D eigenvalue weighted by molar-refractivity contribution is -0.136. The van der Waals surface area contributed by atoms with Crippen LogP contribution in [0, 0.1) is 0 Å². The highest BCUT2D eigenvalue weighted by Gasteiger charge is 2.33. The molecule has 1 aromatic rings. The van der Waals surface area contributed by atoms with Gasteiger partial charge in [-0.25, -0.2) is 8.42 Å². The zero-order chi connectivity index (χ0) is 15.5. The first-order chi connectivity index (χ1) is 9.96. The molecular formula is C14H18O6S. The van der Waals surface area contributed by atoms with Gasteiger partial charge < -0.3 is 14.6 Å². The van der Waals surface area contributed by atoms with Gasteiger partial charge in [0.15, 0.2) is 26.6 Å². The van der Waals surface area contributed by atoms with E-state index in [4.69, 9.17) is 14.6 Å². The SMILES string of the molecule is CCCC(C(=O)O)S(=O)(=O)c1ccc2c(c1)OCCCO2. The van der Waals surface area contributed by atoms with Crippen molar-refractivity contribution >= 4 is 15.8 Å². The minimum absolute atomic E-state index is 0.0485. The summed E-state index contributed by atoms with van der Waals surface area (Å²) in [4.78, 5) is 11.2. The summed E-state index contributed by atoms with van der Waals surface area (Å²) >= 11 is 0. The van der Waals surface area contributed by atoms with Gasteiger partial charge in [-0.1, -0.05) is 13.3 Å². The van der Waals surface area contributed by atoms with Crippen LogP contribution in [0.4, 0.5) is 0 Å². The predicted octanol–water partition coefficient (Wildman–Crippen LogP) is 1.87. The highest BCUT2D eigenvalue weighted by Crippen LogP contribution is 2.33. The zero-order valence-electron chi connectivity index (χ0n) is 11.7. The molecule has 21 heavy (non-hydrogen) atoms. The van der Waals surface area contributed by atoms with Gasteiger partial charge in [-0.15, -0.1) is 0 Å². The third-order valence-electron chi connectivity index (χ3n) is 3.25. The molecule has 0 aromatic heterocycles. The second-order valence-electron chi connectivity index (χ2n) is 4.82. The van der Waals surface area contributed by atoms with Crippen molar-refractivity contribution in [2.75, 3.05) is 13.2 Å². The molecule has 2 rings (SSSR count). The molecule has 0 saturated carbocycles. The van der Waals surface area contributed by atoms with Gasteiger partial charge in [0.05, 0.1) is 18.1 Å². The monoisotopic (exact) mass is 314 g/mol. The minimum Gasteiger partial charge on any atom is -0.490 e. The smallest absolute Gasteiger partial charge is 0.322 e. The van der Waals surface area contributed by atoms with E-state index in [0.717, 1.165) is 0 Å². The molecular weight excluding hydrogens is 296 g/mol. The van der Waals surface area contributed by atoms with Crippen molar-refractivity contribution in [3.8, 4) is 11.5 Å². The van der Waals surface area contributed by atoms with Gasteiger partial charge in [-0.2, -0.15) is 0 Å². The van der Waals surface area contributed by atoms with Crippen LogP contribution in [0.1, 0.15) is 26.2 Å². The summed E-state index contributed by atoms with van der Waals surface area (Å²) in [6, 6.07) is 4.23. The van der Waals surface area contributed by atoms with Crippen LogP contribution >= 0.6 is 0 Å². The van der Waals surface area contributed by atoms with Crippen molar-refractivity contribution in [1.29, 1.82) is 0 Å². The van der Waals surface area contributed by atoms with Crippen molar-refractivity contribution < 1.29 is 27.8 Å². The molecule has 1 aliphatic heterocycles. The van der Waals surface area contributed by atoms with E-state index in [-0.39, 0.29) is 11.3 Å². The van der Waals surface area contributed by atoms with E-state index in [1.54, 1.807) is 6.92 Å². The summed E-state index contributed by atoms with van der Waals surface area (Å²) in [6.45, 7) is 2.69. The zero-order valence-corrected chi connectivity index (χ0v) is 12.6. The molecule has 0 saturated heterocycles. The van der Waals surface area contributed by atoms with Gasteiger partial charge in [0.25, 0.3) is 0 Å². The molecule has 0 aliphatic carbocycles. The van der Waals surface area contributed by atoms with E-state index in [2.05, 4.69) is 0 Å². The van der Waals surface area contributed by atoms with Crippen molar-refractivity contribution in [2.24, 2.45) is 0 Å². The average molecular weight is 314 g/mol. The maximum Gasteiger partial charge on any atom is 0.322 e. The van der Waals surface area contributed by atoms with Crippen molar-refractivity contribution in [2.45, 2.75) is 36.3 Å². The summed E-state index contributed by atoms with van der Waals surface area (Å²) in [5, 5.41) is 7.71. The fourth-order valence-corrected chi connectivity index (χ4v) is 3.83. The number of sulfone groups is 1. The largest absolute Gasteiger partial charge is 0.490 e. The second-order valence-corrected chi connectivity index (χ2v) is 6.95. The Morgan fingerprint density at radius 3 is 2.57 bits per heavy atom. The molecule has 1 N–H and O–H groups in total. The second kappa shape index (κ2) is 6.34. The Bertz CT molecular complexity index is 622. The van der Waals surface area contributed by atoms with Gasteiger partial charge >= 0.3 is 5.97 Å². The summed E-state index contributed by atoms with van der Waals surface area (Å²) in [5.41, 5.74) is 0. The van der Waals surface area contributed by atoms with Gasteiger partial charge in [0, 0.05) is 12.5 Å². The molecule has 116 valence electrons. The molecule has 6 nitrogen and oxygen atoms in total. The van der Waals surface area contributed by atoms with Gasteiger partial charge in [0.1, 0.15) is 0 Å². The number of ether oxygens (including phenoxy) is 2. The lowest BCUT2D eigenvalue weighted by atomic mass is 10.2. The van der Waals surface area contributed by atoms with Crippen LogP contribution in [-0.2, 0) is 14.6 Å². The van der Waals surface area contributed by atoms with Crippen LogP contribution in [0.25, 0.3) is 0 Å². The molecule has 1 aromatic carbocycles. The summed E-state index contributed by atoms with van der Waals surface area (Å²) in [5.74, 6) is -0.507. The Labute approximate surface area is 123 Å². The van der Waals surface area contributed by atoms with Crippen molar-refractivity contribution in [3.63, 3.8) is 0 Å². The third-order valence-corrected chi connectivity index (χ3v) is 5.35. The molecule has 1 atom stereocenters.